The van der Waals surface area contributed by atoms with Gasteiger partial charge in [-0.15, -0.1) is 11.3 Å². The van der Waals surface area contributed by atoms with Crippen molar-refractivity contribution in [2.45, 2.75) is 6.54 Å². The van der Waals surface area contributed by atoms with Crippen molar-refractivity contribution < 1.29 is 14.3 Å². The van der Waals surface area contributed by atoms with Crippen molar-refractivity contribution in [3.8, 4) is 5.75 Å². The molecule has 0 aliphatic carbocycles. The van der Waals surface area contributed by atoms with Crippen LogP contribution in [0.15, 0.2) is 35.7 Å². The Labute approximate surface area is 141 Å². The largest absolute Gasteiger partial charge is 0.482 e. The number of thiophene rings is 1. The van der Waals surface area contributed by atoms with Crippen molar-refractivity contribution in [2.75, 3.05) is 6.61 Å². The van der Waals surface area contributed by atoms with Gasteiger partial charge in [0.15, 0.2) is 6.61 Å². The number of nitrogens with one attached hydrogen (secondary N) is 2. The third kappa shape index (κ3) is 5.22. The van der Waals surface area contributed by atoms with Gasteiger partial charge >= 0.3 is 6.03 Å². The molecule has 2 N–H and O–H groups in total. The number of rotatable bonds is 5. The molecule has 0 unspecified atom stereocenters. The lowest BCUT2D eigenvalue weighted by Gasteiger charge is -2.09. The van der Waals surface area contributed by atoms with E-state index in [0.29, 0.717) is 22.3 Å². The molecule has 22 heavy (non-hydrogen) atoms. The van der Waals surface area contributed by atoms with Gasteiger partial charge in [-0.2, -0.15) is 0 Å². The summed E-state index contributed by atoms with van der Waals surface area (Å²) in [7, 11) is 0. The van der Waals surface area contributed by atoms with E-state index in [1.54, 1.807) is 12.1 Å². The zero-order chi connectivity index (χ0) is 15.9. The maximum Gasteiger partial charge on any atom is 0.321 e. The van der Waals surface area contributed by atoms with Gasteiger partial charge in [-0.1, -0.05) is 29.3 Å². The molecule has 0 saturated heterocycles. The molecule has 0 radical (unpaired) electrons. The number of imide groups is 1. The highest BCUT2D eigenvalue weighted by Crippen LogP contribution is 2.27. The number of benzene rings is 1. The molecule has 5 nitrogen and oxygen atoms in total. The molecule has 8 heteroatoms. The third-order valence-corrected chi connectivity index (χ3v) is 3.92. The average molecular weight is 359 g/mol. The lowest BCUT2D eigenvalue weighted by atomic mass is 10.3. The first kappa shape index (κ1) is 16.6. The number of ether oxygens (including phenoxy) is 1. The van der Waals surface area contributed by atoms with E-state index in [2.05, 4.69) is 10.6 Å². The fraction of sp³-hybridized carbons (Fsp3) is 0.143. The van der Waals surface area contributed by atoms with E-state index >= 15 is 0 Å². The van der Waals surface area contributed by atoms with E-state index in [4.69, 9.17) is 27.9 Å². The van der Waals surface area contributed by atoms with Crippen molar-refractivity contribution in [1.82, 2.24) is 10.6 Å². The maximum atomic E-state index is 11.6. The second-order valence-corrected chi connectivity index (χ2v) is 6.05. The highest BCUT2D eigenvalue weighted by molar-refractivity contribution is 7.09. The number of amides is 3. The molecule has 3 amide bonds. The minimum Gasteiger partial charge on any atom is -0.482 e. The van der Waals surface area contributed by atoms with Crippen LogP contribution in [-0.4, -0.2) is 18.5 Å². The zero-order valence-corrected chi connectivity index (χ0v) is 13.6. The van der Waals surface area contributed by atoms with Gasteiger partial charge in [0.25, 0.3) is 5.91 Å². The molecule has 0 atom stereocenters. The summed E-state index contributed by atoms with van der Waals surface area (Å²) < 4.78 is 5.22. The van der Waals surface area contributed by atoms with Gasteiger partial charge in [-0.3, -0.25) is 10.1 Å². The summed E-state index contributed by atoms with van der Waals surface area (Å²) in [5, 5.41) is 7.41. The van der Waals surface area contributed by atoms with Crippen LogP contribution in [0.5, 0.6) is 5.75 Å². The quantitative estimate of drug-likeness (QED) is 0.859. The molecule has 0 saturated carbocycles. The van der Waals surface area contributed by atoms with Crippen LogP contribution in [0.25, 0.3) is 0 Å². The van der Waals surface area contributed by atoms with Gasteiger partial charge < -0.3 is 10.1 Å². The van der Waals surface area contributed by atoms with Crippen LogP contribution in [0.4, 0.5) is 4.79 Å². The molecule has 1 heterocycles. The Morgan fingerprint density at radius 1 is 1.23 bits per heavy atom. The van der Waals surface area contributed by atoms with Crippen molar-refractivity contribution >= 4 is 46.5 Å². The van der Waals surface area contributed by atoms with E-state index in [9.17, 15) is 9.59 Å². The van der Waals surface area contributed by atoms with Gasteiger partial charge in [0.2, 0.25) is 0 Å². The molecule has 0 spiro atoms. The van der Waals surface area contributed by atoms with Gasteiger partial charge in [-0.05, 0) is 29.6 Å². The van der Waals surface area contributed by atoms with E-state index in [-0.39, 0.29) is 6.61 Å². The maximum absolute atomic E-state index is 11.6. The Morgan fingerprint density at radius 2 is 2.05 bits per heavy atom. The number of hydrogen-bond donors (Lipinski definition) is 2. The Kier molecular flexibility index (Phi) is 6.06. The first-order valence-corrected chi connectivity index (χ1v) is 7.86. The summed E-state index contributed by atoms with van der Waals surface area (Å²) in [5.74, 6) is -0.255. The summed E-state index contributed by atoms with van der Waals surface area (Å²) in [6, 6.07) is 7.84. The van der Waals surface area contributed by atoms with Crippen LogP contribution < -0.4 is 15.4 Å². The van der Waals surface area contributed by atoms with Crippen molar-refractivity contribution in [3.05, 3.63) is 50.6 Å². The molecule has 0 bridgehead atoms. The monoisotopic (exact) mass is 358 g/mol. The molecule has 1 aromatic heterocycles. The lowest BCUT2D eigenvalue weighted by molar-refractivity contribution is -0.122. The van der Waals surface area contributed by atoms with Crippen LogP contribution >= 0.6 is 34.5 Å². The molecule has 0 aliphatic heterocycles. The first-order chi connectivity index (χ1) is 10.5. The fourth-order valence-corrected chi connectivity index (χ4v) is 2.63. The molecule has 0 fully saturated rings. The van der Waals surface area contributed by atoms with Gasteiger partial charge in [0.05, 0.1) is 11.6 Å². The number of carbonyl (C=O) groups is 2. The minimum atomic E-state index is -0.579. The third-order valence-electron chi connectivity index (χ3n) is 2.51. The Balaban J connectivity index is 1.74. The normalized spacial score (nSPS) is 10.1. The summed E-state index contributed by atoms with van der Waals surface area (Å²) in [6.07, 6.45) is 0. The molecular weight excluding hydrogens is 347 g/mol. The van der Waals surface area contributed by atoms with Crippen LogP contribution in [0.1, 0.15) is 4.88 Å². The lowest BCUT2D eigenvalue weighted by Crippen LogP contribution is -2.41. The van der Waals surface area contributed by atoms with Crippen LogP contribution in [0.2, 0.25) is 10.0 Å². The van der Waals surface area contributed by atoms with Crippen LogP contribution in [0.3, 0.4) is 0 Å². The topological polar surface area (TPSA) is 67.4 Å². The Bertz CT molecular complexity index is 662. The molecular formula is C14H12Cl2N2O3S. The minimum absolute atomic E-state index is 0.294. The fourth-order valence-electron chi connectivity index (χ4n) is 1.52. The number of carbonyl (C=O) groups excluding carboxylic acids is 2. The second kappa shape index (κ2) is 8.03. The Hall–Kier alpha value is -1.76. The number of urea groups is 1. The highest BCUT2D eigenvalue weighted by Gasteiger charge is 2.10. The Morgan fingerprint density at radius 3 is 2.73 bits per heavy atom. The predicted molar refractivity (Wildman–Crippen MR) is 86.7 cm³/mol. The van der Waals surface area contributed by atoms with Crippen molar-refractivity contribution in [3.63, 3.8) is 0 Å². The molecule has 2 rings (SSSR count). The highest BCUT2D eigenvalue weighted by atomic mass is 35.5. The SMILES string of the molecule is O=C(COc1ccc(Cl)cc1Cl)NC(=O)NCc1cccs1. The van der Waals surface area contributed by atoms with Gasteiger partial charge in [-0.25, -0.2) is 4.79 Å². The summed E-state index contributed by atoms with van der Waals surface area (Å²) in [4.78, 5) is 24.1. The van der Waals surface area contributed by atoms with Gasteiger partial charge in [0, 0.05) is 9.90 Å². The number of hydrogen-bond acceptors (Lipinski definition) is 4. The van der Waals surface area contributed by atoms with E-state index in [0.717, 1.165) is 4.88 Å². The molecule has 0 aliphatic rings. The molecule has 1 aromatic carbocycles. The molecule has 2 aromatic rings. The second-order valence-electron chi connectivity index (χ2n) is 4.17. The van der Waals surface area contributed by atoms with E-state index in [1.807, 2.05) is 17.5 Å². The van der Waals surface area contributed by atoms with Crippen molar-refractivity contribution in [1.29, 1.82) is 0 Å². The standard InChI is InChI=1S/C14H12Cl2N2O3S/c15-9-3-4-12(11(16)6-9)21-8-13(19)18-14(20)17-7-10-2-1-5-22-10/h1-6H,7-8H2,(H2,17,18,19,20). The van der Waals surface area contributed by atoms with E-state index < -0.39 is 11.9 Å². The summed E-state index contributed by atoms with van der Waals surface area (Å²) >= 11 is 13.2. The van der Waals surface area contributed by atoms with Crippen molar-refractivity contribution in [2.24, 2.45) is 0 Å². The van der Waals surface area contributed by atoms with E-state index in [1.165, 1.54) is 17.4 Å². The van der Waals surface area contributed by atoms with Crippen LogP contribution in [-0.2, 0) is 11.3 Å². The first-order valence-electron chi connectivity index (χ1n) is 6.22. The number of halogens is 2. The average Bonchev–Trinajstić information content (AvgIpc) is 2.97. The predicted octanol–water partition coefficient (Wildman–Crippen LogP) is 3.46. The van der Waals surface area contributed by atoms with Crippen LogP contribution in [0, 0.1) is 0 Å². The zero-order valence-electron chi connectivity index (χ0n) is 11.3. The van der Waals surface area contributed by atoms with Gasteiger partial charge in [0.1, 0.15) is 5.75 Å². The smallest absolute Gasteiger partial charge is 0.321 e. The molecule has 116 valence electrons. The summed E-state index contributed by atoms with van der Waals surface area (Å²) in [6.45, 7) is 0.0361. The summed E-state index contributed by atoms with van der Waals surface area (Å²) in [5.41, 5.74) is 0.